The van der Waals surface area contributed by atoms with Crippen LogP contribution in [0.1, 0.15) is 0 Å². The van der Waals surface area contributed by atoms with E-state index in [-0.39, 0.29) is 58.7 Å². The first-order valence-electron chi connectivity index (χ1n) is 28.2. The van der Waals surface area contributed by atoms with Crippen LogP contribution in [0.4, 0.5) is 0 Å². The van der Waals surface area contributed by atoms with Crippen molar-refractivity contribution in [2.24, 2.45) is 0 Å². The topological polar surface area (TPSA) is 205 Å². The summed E-state index contributed by atoms with van der Waals surface area (Å²) in [7, 11) is -22.6. The minimum Gasteiger partial charge on any atom is -0.218 e. The van der Waals surface area contributed by atoms with Crippen molar-refractivity contribution in [2.75, 3.05) is 0 Å². The van der Waals surface area contributed by atoms with Crippen molar-refractivity contribution in [3.05, 3.63) is 243 Å². The van der Waals surface area contributed by atoms with Gasteiger partial charge < -0.3 is 0 Å². The van der Waals surface area contributed by atoms with Gasteiger partial charge in [0.05, 0.1) is 58.7 Å². The van der Waals surface area contributed by atoms with Crippen molar-refractivity contribution >= 4 is 59.0 Å². The van der Waals surface area contributed by atoms with Gasteiger partial charge in [-0.2, -0.15) is 0 Å². The van der Waals surface area contributed by atoms with Crippen molar-refractivity contribution in [1.82, 2.24) is 0 Å². The fourth-order valence-electron chi connectivity index (χ4n) is 13.6. The summed E-state index contributed by atoms with van der Waals surface area (Å²) in [5, 5.41) is 0. The Kier molecular flexibility index (Phi) is 11.2. The van der Waals surface area contributed by atoms with Crippen LogP contribution in [-0.2, 0) is 59.0 Å². The highest BCUT2D eigenvalue weighted by molar-refractivity contribution is 7.93. The molecule has 0 bridgehead atoms. The molecule has 0 unspecified atom stereocenters. The number of sulfone groups is 6. The van der Waals surface area contributed by atoms with E-state index in [1.54, 1.807) is 218 Å². The Hall–Kier alpha value is -9.66. The van der Waals surface area contributed by atoms with Gasteiger partial charge in [-0.15, -0.1) is 0 Å². The summed E-state index contributed by atoms with van der Waals surface area (Å²) in [6, 6.07) is 68.9. The van der Waals surface area contributed by atoms with Gasteiger partial charge in [0.15, 0.2) is 0 Å². The number of hydrogen-bond donors (Lipinski definition) is 0. The highest BCUT2D eigenvalue weighted by Gasteiger charge is 2.40. The number of rotatable bonds is 4. The first-order valence-corrected chi connectivity index (χ1v) is 37.1. The zero-order chi connectivity index (χ0) is 61.8. The summed E-state index contributed by atoms with van der Waals surface area (Å²) in [6.45, 7) is 0. The first kappa shape index (κ1) is 54.5. The van der Waals surface area contributed by atoms with Crippen molar-refractivity contribution in [2.45, 2.75) is 58.7 Å². The summed E-state index contributed by atoms with van der Waals surface area (Å²) < 4.78 is 162. The molecule has 90 heavy (non-hydrogen) atoms. The number of hydrogen-bond acceptors (Lipinski definition) is 12. The van der Waals surface area contributed by atoms with Crippen LogP contribution in [-0.4, -0.2) is 50.5 Å². The largest absolute Gasteiger partial charge is 0.218 e. The molecule has 0 radical (unpaired) electrons. The predicted octanol–water partition coefficient (Wildman–Crippen LogP) is 14.9. The smallest absolute Gasteiger partial charge is 0.207 e. The third-order valence-corrected chi connectivity index (χ3v) is 29.0. The fourth-order valence-corrected chi connectivity index (χ4v) is 23.9. The predicted molar refractivity (Wildman–Crippen MR) is 340 cm³/mol. The summed E-state index contributed by atoms with van der Waals surface area (Å²) in [5.41, 5.74) is 12.1. The first-order chi connectivity index (χ1) is 43.1. The van der Waals surface area contributed by atoms with E-state index in [0.29, 0.717) is 111 Å². The molecular formula is C72H40O12S6. The van der Waals surface area contributed by atoms with Gasteiger partial charge >= 0.3 is 0 Å². The quantitative estimate of drug-likeness (QED) is 0.161. The van der Waals surface area contributed by atoms with Crippen LogP contribution in [0.5, 0.6) is 0 Å². The minimum atomic E-state index is -3.92. The van der Waals surface area contributed by atoms with Crippen LogP contribution in [0.3, 0.4) is 0 Å². The van der Waals surface area contributed by atoms with Crippen LogP contribution < -0.4 is 0 Å². The molecule has 12 aromatic rings. The molecule has 0 amide bonds. The van der Waals surface area contributed by atoms with Crippen LogP contribution >= 0.6 is 0 Å². The molecule has 18 heteroatoms. The molecule has 0 spiro atoms. The molecule has 0 saturated heterocycles. The molecule has 0 N–H and O–H groups in total. The molecule has 0 aliphatic carbocycles. The van der Waals surface area contributed by atoms with E-state index in [4.69, 9.17) is 0 Å². The van der Waals surface area contributed by atoms with Gasteiger partial charge in [-0.05, 0) is 117 Å². The maximum absolute atomic E-state index is 13.9. The molecule has 0 saturated carbocycles. The lowest BCUT2D eigenvalue weighted by atomic mass is 9.96. The van der Waals surface area contributed by atoms with E-state index in [9.17, 15) is 50.5 Å². The standard InChI is InChI=1S/2C36H20O6S3/c2*37-43(38)31-7-3-1-5-25(31)27-13-9-21(17-33(27)43)23-11-15-29-30-16-12-24(20-36(30)45(41,42)35(29)19-23)22-10-14-28-26-6-2-4-8-32(26)44(39,40)34(28)18-22/h2*1-20H. The molecule has 0 aromatic heterocycles. The lowest BCUT2D eigenvalue weighted by molar-refractivity contribution is 0.597. The van der Waals surface area contributed by atoms with E-state index in [0.717, 1.165) is 0 Å². The third-order valence-electron chi connectivity index (χ3n) is 17.9. The molecular weight excluding hydrogens is 1250 g/mol. The summed E-state index contributed by atoms with van der Waals surface area (Å²) in [4.78, 5) is 2.47. The van der Waals surface area contributed by atoms with Gasteiger partial charge in [0.1, 0.15) is 0 Å². The molecule has 6 heterocycles. The van der Waals surface area contributed by atoms with Crippen LogP contribution in [0, 0.1) is 0 Å². The zero-order valence-electron chi connectivity index (χ0n) is 46.4. The molecule has 12 nitrogen and oxygen atoms in total. The van der Waals surface area contributed by atoms with E-state index in [1.807, 2.05) is 24.3 Å². The Morgan fingerprint density at radius 2 is 0.256 bits per heavy atom. The zero-order valence-corrected chi connectivity index (χ0v) is 51.3. The molecule has 0 atom stereocenters. The summed E-state index contributed by atoms with van der Waals surface area (Å²) in [6.07, 6.45) is 0. The Bertz CT molecular complexity index is 5400. The molecule has 0 fully saturated rings. The maximum atomic E-state index is 13.9. The average Bonchev–Trinajstić information content (AvgIpc) is 1.62. The second-order valence-corrected chi connectivity index (χ2v) is 34.0. The second kappa shape index (κ2) is 18.5. The highest BCUT2D eigenvalue weighted by Crippen LogP contribution is 2.53. The SMILES string of the molecule is O=S1(=O)c2ccccc2-c2ccc(-c3ccc4c(c3)S(=O)(=O)c3cc(-c5ccc6c(c5)S(=O)(=O)c5ccccc5-6)ccc3-4)cc21.O=S1(=O)c2ccccc2-c2ccc(-c3ccc4c(c3)S(=O)(=O)c3cc(-c5ccc6c(c5)S(=O)(=O)c5ccccc5-6)ccc3-4)cc21. The Morgan fingerprint density at radius 3 is 0.411 bits per heavy atom. The molecule has 6 aliphatic heterocycles. The lowest BCUT2D eigenvalue weighted by Gasteiger charge is -2.08. The van der Waals surface area contributed by atoms with Crippen molar-refractivity contribution in [3.8, 4) is 111 Å². The van der Waals surface area contributed by atoms with Gasteiger partial charge in [0, 0.05) is 66.8 Å². The van der Waals surface area contributed by atoms with Crippen molar-refractivity contribution in [3.63, 3.8) is 0 Å². The second-order valence-electron chi connectivity index (χ2n) is 22.7. The van der Waals surface area contributed by atoms with Crippen LogP contribution in [0.2, 0.25) is 0 Å². The van der Waals surface area contributed by atoms with Gasteiger partial charge in [0.25, 0.3) is 0 Å². The Labute approximate surface area is 518 Å². The van der Waals surface area contributed by atoms with Crippen LogP contribution in [0.15, 0.2) is 301 Å². The normalized spacial score (nSPS) is 16.6. The van der Waals surface area contributed by atoms with Crippen LogP contribution in [0.25, 0.3) is 111 Å². The van der Waals surface area contributed by atoms with E-state index in [2.05, 4.69) is 0 Å². The van der Waals surface area contributed by atoms with E-state index >= 15 is 0 Å². The van der Waals surface area contributed by atoms with Crippen molar-refractivity contribution < 1.29 is 50.5 Å². The lowest BCUT2D eigenvalue weighted by Crippen LogP contribution is -1.99. The monoisotopic (exact) mass is 1290 g/mol. The summed E-state index contributed by atoms with van der Waals surface area (Å²) in [5.74, 6) is 0. The van der Waals surface area contributed by atoms with Gasteiger partial charge in [-0.1, -0.05) is 170 Å². The Balaban J connectivity index is 0.000000139. The van der Waals surface area contributed by atoms with Gasteiger partial charge in [-0.25, -0.2) is 50.5 Å². The van der Waals surface area contributed by atoms with Gasteiger partial charge in [0.2, 0.25) is 59.0 Å². The highest BCUT2D eigenvalue weighted by atomic mass is 32.2. The summed E-state index contributed by atoms with van der Waals surface area (Å²) >= 11 is 0. The minimum absolute atomic E-state index is 0.144. The fraction of sp³-hybridized carbons (Fsp3) is 0. The number of fused-ring (bicyclic) bond motifs is 18. The average molecular weight is 1290 g/mol. The maximum Gasteiger partial charge on any atom is 0.207 e. The van der Waals surface area contributed by atoms with Gasteiger partial charge in [-0.3, -0.25) is 0 Å². The molecule has 12 aromatic carbocycles. The van der Waals surface area contributed by atoms with E-state index < -0.39 is 59.0 Å². The number of benzene rings is 12. The van der Waals surface area contributed by atoms with E-state index in [1.165, 1.54) is 0 Å². The molecule has 18 rings (SSSR count). The molecule has 436 valence electrons. The molecule has 6 aliphatic rings. The Morgan fingerprint density at radius 1 is 0.133 bits per heavy atom. The third kappa shape index (κ3) is 7.48. The van der Waals surface area contributed by atoms with Crippen molar-refractivity contribution in [1.29, 1.82) is 0 Å².